The SMILES string of the molecule is CCCN(CCC)CCCCNC(=O)c1ccc(CN(Cc2ccc(C)cn2)Cc2nccn2C)cc1. The van der Waals surface area contributed by atoms with Crippen molar-refractivity contribution >= 4 is 5.91 Å². The van der Waals surface area contributed by atoms with E-state index in [0.29, 0.717) is 12.1 Å². The maximum atomic E-state index is 12.6. The van der Waals surface area contributed by atoms with Crippen LogP contribution in [-0.2, 0) is 26.7 Å². The van der Waals surface area contributed by atoms with E-state index in [-0.39, 0.29) is 5.91 Å². The third kappa shape index (κ3) is 9.74. The topological polar surface area (TPSA) is 66.3 Å². The molecule has 7 heteroatoms. The van der Waals surface area contributed by atoms with Gasteiger partial charge in [-0.15, -0.1) is 0 Å². The number of hydrogen-bond donors (Lipinski definition) is 1. The zero-order valence-corrected chi connectivity index (χ0v) is 23.1. The van der Waals surface area contributed by atoms with Crippen molar-refractivity contribution in [3.8, 4) is 0 Å². The number of unbranched alkanes of at least 4 members (excludes halogenated alkanes) is 1. The summed E-state index contributed by atoms with van der Waals surface area (Å²) in [7, 11) is 2.02. The molecule has 0 bridgehead atoms. The van der Waals surface area contributed by atoms with Crippen molar-refractivity contribution in [2.75, 3.05) is 26.2 Å². The highest BCUT2D eigenvalue weighted by Crippen LogP contribution is 2.14. The molecule has 2 heterocycles. The summed E-state index contributed by atoms with van der Waals surface area (Å²) >= 11 is 0. The van der Waals surface area contributed by atoms with Crippen LogP contribution in [0.15, 0.2) is 55.0 Å². The molecule has 37 heavy (non-hydrogen) atoms. The van der Waals surface area contributed by atoms with Crippen LogP contribution in [0.3, 0.4) is 0 Å². The van der Waals surface area contributed by atoms with Crippen molar-refractivity contribution in [1.82, 2.24) is 29.7 Å². The Morgan fingerprint density at radius 3 is 2.27 bits per heavy atom. The fourth-order valence-electron chi connectivity index (χ4n) is 4.49. The van der Waals surface area contributed by atoms with Crippen LogP contribution in [0.1, 0.15) is 72.5 Å². The van der Waals surface area contributed by atoms with Crippen LogP contribution in [0.25, 0.3) is 0 Å². The van der Waals surface area contributed by atoms with Crippen molar-refractivity contribution in [3.63, 3.8) is 0 Å². The second-order valence-corrected chi connectivity index (χ2v) is 9.93. The average molecular weight is 505 g/mol. The van der Waals surface area contributed by atoms with Crippen LogP contribution in [0, 0.1) is 6.92 Å². The minimum absolute atomic E-state index is 0.000700. The van der Waals surface area contributed by atoms with Gasteiger partial charge in [-0.2, -0.15) is 0 Å². The molecule has 1 aromatic carbocycles. The second-order valence-electron chi connectivity index (χ2n) is 9.93. The highest BCUT2D eigenvalue weighted by molar-refractivity contribution is 5.94. The Bertz CT molecular complexity index is 1050. The predicted octanol–water partition coefficient (Wildman–Crippen LogP) is 4.96. The molecule has 1 N–H and O–H groups in total. The van der Waals surface area contributed by atoms with Gasteiger partial charge in [-0.25, -0.2) is 4.98 Å². The average Bonchev–Trinajstić information content (AvgIpc) is 3.29. The summed E-state index contributed by atoms with van der Waals surface area (Å²) in [5.41, 5.74) is 4.05. The zero-order valence-electron chi connectivity index (χ0n) is 23.1. The van der Waals surface area contributed by atoms with Gasteiger partial charge in [-0.3, -0.25) is 14.7 Å². The Kier molecular flexibility index (Phi) is 11.8. The van der Waals surface area contributed by atoms with Crippen LogP contribution >= 0.6 is 0 Å². The molecule has 0 spiro atoms. The van der Waals surface area contributed by atoms with E-state index in [2.05, 4.69) is 70.1 Å². The minimum Gasteiger partial charge on any atom is -0.352 e. The molecule has 0 radical (unpaired) electrons. The lowest BCUT2D eigenvalue weighted by molar-refractivity contribution is 0.0952. The van der Waals surface area contributed by atoms with E-state index in [1.54, 1.807) is 0 Å². The summed E-state index contributed by atoms with van der Waals surface area (Å²) in [6.45, 7) is 12.8. The third-order valence-corrected chi connectivity index (χ3v) is 6.53. The molecule has 7 nitrogen and oxygen atoms in total. The number of nitrogens with one attached hydrogen (secondary N) is 1. The van der Waals surface area contributed by atoms with Gasteiger partial charge in [0.1, 0.15) is 5.82 Å². The summed E-state index contributed by atoms with van der Waals surface area (Å²) < 4.78 is 2.05. The standard InChI is InChI=1S/C30H44N6O/c1-5-17-35(18-6-2)19-8-7-15-32-30(37)27-12-10-26(11-13-27)22-36(24-29-31-16-20-34(29)4)23-28-14-9-25(3)21-33-28/h9-14,16,20-21H,5-8,15,17-19,22-24H2,1-4H3,(H,32,37). The Balaban J connectivity index is 1.52. The maximum Gasteiger partial charge on any atom is 0.251 e. The fourth-order valence-corrected chi connectivity index (χ4v) is 4.49. The Hall–Kier alpha value is -3.03. The molecule has 0 aliphatic rings. The van der Waals surface area contributed by atoms with E-state index in [1.807, 2.05) is 42.3 Å². The quantitative estimate of drug-likeness (QED) is 0.279. The van der Waals surface area contributed by atoms with Gasteiger partial charge >= 0.3 is 0 Å². The van der Waals surface area contributed by atoms with Gasteiger partial charge in [0, 0.05) is 50.8 Å². The molecule has 0 saturated carbocycles. The molecule has 0 aliphatic heterocycles. The molecular formula is C30H44N6O. The van der Waals surface area contributed by atoms with Crippen LogP contribution in [0.4, 0.5) is 0 Å². The number of carbonyl (C=O) groups excluding carboxylic acids is 1. The van der Waals surface area contributed by atoms with E-state index in [0.717, 1.165) is 74.8 Å². The first-order chi connectivity index (χ1) is 18.0. The van der Waals surface area contributed by atoms with E-state index in [1.165, 1.54) is 12.8 Å². The van der Waals surface area contributed by atoms with Gasteiger partial charge in [-0.05, 0) is 81.6 Å². The van der Waals surface area contributed by atoms with E-state index >= 15 is 0 Å². The highest BCUT2D eigenvalue weighted by Gasteiger charge is 2.13. The van der Waals surface area contributed by atoms with Crippen molar-refractivity contribution in [1.29, 1.82) is 0 Å². The monoisotopic (exact) mass is 504 g/mol. The zero-order chi connectivity index (χ0) is 26.5. The van der Waals surface area contributed by atoms with E-state index < -0.39 is 0 Å². The molecule has 2 aromatic heterocycles. The normalized spacial score (nSPS) is 11.4. The van der Waals surface area contributed by atoms with Gasteiger partial charge in [0.15, 0.2) is 0 Å². The van der Waals surface area contributed by atoms with Gasteiger partial charge in [-0.1, -0.05) is 32.0 Å². The molecule has 0 unspecified atom stereocenters. The molecular weight excluding hydrogens is 460 g/mol. The molecule has 0 fully saturated rings. The summed E-state index contributed by atoms with van der Waals surface area (Å²) in [6.07, 6.45) is 10.2. The van der Waals surface area contributed by atoms with Crippen molar-refractivity contribution in [2.45, 2.75) is 66.1 Å². The molecule has 200 valence electrons. The fraction of sp³-hybridized carbons (Fsp3) is 0.500. The number of hydrogen-bond acceptors (Lipinski definition) is 5. The van der Waals surface area contributed by atoms with Gasteiger partial charge in [0.05, 0.1) is 12.2 Å². The lowest BCUT2D eigenvalue weighted by Gasteiger charge is -2.22. The van der Waals surface area contributed by atoms with Crippen LogP contribution in [0.2, 0.25) is 0 Å². The molecule has 3 aromatic rings. The van der Waals surface area contributed by atoms with Crippen molar-refractivity contribution < 1.29 is 4.79 Å². The Labute approximate surface area is 222 Å². The van der Waals surface area contributed by atoms with Gasteiger partial charge in [0.2, 0.25) is 0 Å². The first-order valence-corrected chi connectivity index (χ1v) is 13.7. The Morgan fingerprint density at radius 1 is 0.892 bits per heavy atom. The third-order valence-electron chi connectivity index (χ3n) is 6.53. The number of pyridine rings is 1. The molecule has 1 amide bonds. The minimum atomic E-state index is -0.000700. The largest absolute Gasteiger partial charge is 0.352 e. The number of imidazole rings is 1. The van der Waals surface area contributed by atoms with E-state index in [9.17, 15) is 4.79 Å². The number of carbonyl (C=O) groups is 1. The highest BCUT2D eigenvalue weighted by atomic mass is 16.1. The van der Waals surface area contributed by atoms with Gasteiger partial charge < -0.3 is 14.8 Å². The molecule has 0 atom stereocenters. The van der Waals surface area contributed by atoms with Crippen LogP contribution in [-0.4, -0.2) is 56.4 Å². The van der Waals surface area contributed by atoms with Crippen LogP contribution in [0.5, 0.6) is 0 Å². The van der Waals surface area contributed by atoms with Gasteiger partial charge in [0.25, 0.3) is 5.91 Å². The number of aromatic nitrogens is 3. The maximum absolute atomic E-state index is 12.6. The Morgan fingerprint density at radius 2 is 1.65 bits per heavy atom. The number of amides is 1. The molecule has 3 rings (SSSR count). The number of rotatable bonds is 16. The summed E-state index contributed by atoms with van der Waals surface area (Å²) in [5.74, 6) is 1.01. The van der Waals surface area contributed by atoms with E-state index in [4.69, 9.17) is 0 Å². The number of aryl methyl sites for hydroxylation is 2. The van der Waals surface area contributed by atoms with Crippen molar-refractivity contribution in [2.24, 2.45) is 7.05 Å². The smallest absolute Gasteiger partial charge is 0.251 e. The first kappa shape index (κ1) is 28.5. The van der Waals surface area contributed by atoms with Crippen molar-refractivity contribution in [3.05, 3.63) is 83.2 Å². The second kappa shape index (κ2) is 15.3. The first-order valence-electron chi connectivity index (χ1n) is 13.7. The lowest BCUT2D eigenvalue weighted by Crippen LogP contribution is -2.28. The summed E-state index contributed by atoms with van der Waals surface area (Å²) in [4.78, 5) is 26.6. The summed E-state index contributed by atoms with van der Waals surface area (Å²) in [6, 6.07) is 12.1. The number of nitrogens with zero attached hydrogens (tertiary/aromatic N) is 5. The predicted molar refractivity (Wildman–Crippen MR) is 150 cm³/mol. The lowest BCUT2D eigenvalue weighted by atomic mass is 10.1. The molecule has 0 saturated heterocycles. The van der Waals surface area contributed by atoms with Crippen LogP contribution < -0.4 is 5.32 Å². The number of benzene rings is 1. The summed E-state index contributed by atoms with van der Waals surface area (Å²) in [5, 5.41) is 3.08. The molecule has 0 aliphatic carbocycles.